The van der Waals surface area contributed by atoms with Crippen LogP contribution >= 0.6 is 22.9 Å². The van der Waals surface area contributed by atoms with Crippen molar-refractivity contribution in [2.75, 3.05) is 0 Å². The van der Waals surface area contributed by atoms with E-state index in [4.69, 9.17) is 17.3 Å². The molecule has 3 heteroatoms. The van der Waals surface area contributed by atoms with Gasteiger partial charge < -0.3 is 5.73 Å². The normalized spacial score (nSPS) is 13.7. The Hall–Kier alpha value is -0.0500. The van der Waals surface area contributed by atoms with Gasteiger partial charge in [0.2, 0.25) is 0 Å². The third-order valence-electron chi connectivity index (χ3n) is 1.06. The summed E-state index contributed by atoms with van der Waals surface area (Å²) in [4.78, 5) is 1.07. The maximum atomic E-state index is 5.77. The van der Waals surface area contributed by atoms with Crippen LogP contribution in [0.1, 0.15) is 17.8 Å². The van der Waals surface area contributed by atoms with Crippen LogP contribution in [-0.2, 0) is 0 Å². The van der Waals surface area contributed by atoms with E-state index in [2.05, 4.69) is 0 Å². The summed E-state index contributed by atoms with van der Waals surface area (Å²) in [5, 5.41) is 2.73. The minimum Gasteiger partial charge on any atom is -0.323 e. The highest BCUT2D eigenvalue weighted by Crippen LogP contribution is 2.26. The van der Waals surface area contributed by atoms with Gasteiger partial charge in [-0.1, -0.05) is 11.6 Å². The topological polar surface area (TPSA) is 26.0 Å². The SMILES string of the molecule is C[C@@H](N)c1sccc1Cl. The summed E-state index contributed by atoms with van der Waals surface area (Å²) in [5.74, 6) is 0. The second kappa shape index (κ2) is 2.69. The molecule has 1 heterocycles. The van der Waals surface area contributed by atoms with E-state index >= 15 is 0 Å². The van der Waals surface area contributed by atoms with E-state index in [1.165, 1.54) is 0 Å². The molecule has 0 aromatic carbocycles. The molecule has 0 spiro atoms. The maximum absolute atomic E-state index is 5.77. The van der Waals surface area contributed by atoms with Gasteiger partial charge in [-0.2, -0.15) is 0 Å². The van der Waals surface area contributed by atoms with E-state index in [-0.39, 0.29) is 6.04 Å². The van der Waals surface area contributed by atoms with Crippen molar-refractivity contribution < 1.29 is 0 Å². The molecule has 0 fully saturated rings. The molecule has 0 saturated carbocycles. The van der Waals surface area contributed by atoms with Crippen LogP contribution in [0.4, 0.5) is 0 Å². The highest BCUT2D eigenvalue weighted by Gasteiger charge is 2.04. The summed E-state index contributed by atoms with van der Waals surface area (Å²) in [5.41, 5.74) is 5.58. The Bertz CT molecular complexity index is 195. The molecule has 1 atom stereocenters. The molecule has 0 aliphatic heterocycles. The zero-order valence-corrected chi connectivity index (χ0v) is 6.67. The van der Waals surface area contributed by atoms with Crippen LogP contribution < -0.4 is 5.73 Å². The minimum atomic E-state index is 0.0671. The zero-order chi connectivity index (χ0) is 6.85. The largest absolute Gasteiger partial charge is 0.323 e. The van der Waals surface area contributed by atoms with Crippen LogP contribution in [0.5, 0.6) is 0 Å². The van der Waals surface area contributed by atoms with Crippen molar-refractivity contribution in [3.63, 3.8) is 0 Å². The molecule has 0 radical (unpaired) electrons. The van der Waals surface area contributed by atoms with Crippen LogP contribution in [-0.4, -0.2) is 0 Å². The van der Waals surface area contributed by atoms with Crippen LogP contribution in [0.15, 0.2) is 11.4 Å². The van der Waals surface area contributed by atoms with E-state index in [1.54, 1.807) is 11.3 Å². The first-order valence-electron chi connectivity index (χ1n) is 2.70. The molecule has 1 aromatic heterocycles. The number of thiophene rings is 1. The number of rotatable bonds is 1. The molecule has 9 heavy (non-hydrogen) atoms. The lowest BCUT2D eigenvalue weighted by Gasteiger charge is -1.99. The smallest absolute Gasteiger partial charge is 0.0560 e. The highest BCUT2D eigenvalue weighted by molar-refractivity contribution is 7.10. The lowest BCUT2D eigenvalue weighted by Crippen LogP contribution is -2.02. The summed E-state index contributed by atoms with van der Waals surface area (Å²) in [6.45, 7) is 1.93. The number of hydrogen-bond donors (Lipinski definition) is 1. The predicted molar refractivity (Wildman–Crippen MR) is 41.9 cm³/mol. The Morgan fingerprint density at radius 1 is 1.78 bits per heavy atom. The average Bonchev–Trinajstić information content (AvgIpc) is 2.13. The molecule has 1 nitrogen and oxygen atoms in total. The van der Waals surface area contributed by atoms with E-state index in [0.717, 1.165) is 9.90 Å². The van der Waals surface area contributed by atoms with Crippen molar-refractivity contribution in [1.29, 1.82) is 0 Å². The van der Waals surface area contributed by atoms with E-state index in [9.17, 15) is 0 Å². The molecule has 1 aromatic rings. The molecule has 0 saturated heterocycles. The summed E-state index contributed by atoms with van der Waals surface area (Å²) in [6, 6.07) is 1.93. The first-order chi connectivity index (χ1) is 4.22. The molecule has 0 amide bonds. The number of halogens is 1. The fourth-order valence-electron chi connectivity index (χ4n) is 0.630. The highest BCUT2D eigenvalue weighted by atomic mass is 35.5. The maximum Gasteiger partial charge on any atom is 0.0560 e. The summed E-state index contributed by atoms with van der Waals surface area (Å²) < 4.78 is 0. The summed E-state index contributed by atoms with van der Waals surface area (Å²) >= 11 is 7.37. The number of nitrogens with two attached hydrogens (primary N) is 1. The van der Waals surface area contributed by atoms with Gasteiger partial charge in [0.1, 0.15) is 0 Å². The Kier molecular flexibility index (Phi) is 2.11. The van der Waals surface area contributed by atoms with Crippen LogP contribution in [0.2, 0.25) is 5.02 Å². The fraction of sp³-hybridized carbons (Fsp3) is 0.333. The van der Waals surface area contributed by atoms with Gasteiger partial charge >= 0.3 is 0 Å². The second-order valence-electron chi connectivity index (χ2n) is 1.92. The van der Waals surface area contributed by atoms with Gasteiger partial charge in [-0.3, -0.25) is 0 Å². The third kappa shape index (κ3) is 1.45. The zero-order valence-electron chi connectivity index (χ0n) is 5.10. The van der Waals surface area contributed by atoms with Gasteiger partial charge in [-0.05, 0) is 18.4 Å². The summed E-state index contributed by atoms with van der Waals surface area (Å²) in [6.07, 6.45) is 0. The van der Waals surface area contributed by atoms with Crippen molar-refractivity contribution in [2.45, 2.75) is 13.0 Å². The molecule has 1 rings (SSSR count). The van der Waals surface area contributed by atoms with Gasteiger partial charge in [0.15, 0.2) is 0 Å². The van der Waals surface area contributed by atoms with Gasteiger partial charge in [0.05, 0.1) is 5.02 Å². The van der Waals surface area contributed by atoms with Gasteiger partial charge in [0.25, 0.3) is 0 Å². The Morgan fingerprint density at radius 3 is 2.67 bits per heavy atom. The second-order valence-corrected chi connectivity index (χ2v) is 3.28. The first kappa shape index (κ1) is 7.06. The van der Waals surface area contributed by atoms with Gasteiger partial charge in [-0.15, -0.1) is 11.3 Å². The molecule has 50 valence electrons. The van der Waals surface area contributed by atoms with E-state index in [1.807, 2.05) is 18.4 Å². The monoisotopic (exact) mass is 161 g/mol. The lowest BCUT2D eigenvalue weighted by molar-refractivity contribution is 0.839. The Labute approximate surface area is 63.4 Å². The Balaban J connectivity index is 2.94. The third-order valence-corrected chi connectivity index (χ3v) is 2.62. The molecule has 0 bridgehead atoms. The quantitative estimate of drug-likeness (QED) is 0.673. The molecular formula is C6H8ClNS. The molecule has 0 aliphatic rings. The molecule has 2 N–H and O–H groups in total. The lowest BCUT2D eigenvalue weighted by atomic mass is 10.3. The van der Waals surface area contributed by atoms with E-state index < -0.39 is 0 Å². The van der Waals surface area contributed by atoms with Crippen LogP contribution in [0.25, 0.3) is 0 Å². The minimum absolute atomic E-state index is 0.0671. The average molecular weight is 162 g/mol. The molecular weight excluding hydrogens is 154 g/mol. The van der Waals surface area contributed by atoms with Crippen LogP contribution in [0.3, 0.4) is 0 Å². The number of hydrogen-bond acceptors (Lipinski definition) is 2. The Morgan fingerprint density at radius 2 is 2.44 bits per heavy atom. The molecule has 0 unspecified atom stereocenters. The summed E-state index contributed by atoms with van der Waals surface area (Å²) in [7, 11) is 0. The van der Waals surface area contributed by atoms with Gasteiger partial charge in [0, 0.05) is 10.9 Å². The van der Waals surface area contributed by atoms with Gasteiger partial charge in [-0.25, -0.2) is 0 Å². The standard InChI is InChI=1S/C6H8ClNS/c1-4(8)6-5(7)2-3-9-6/h2-4H,8H2,1H3/t4-/m1/s1. The first-order valence-corrected chi connectivity index (χ1v) is 3.96. The predicted octanol–water partition coefficient (Wildman–Crippen LogP) is 2.42. The van der Waals surface area contributed by atoms with Crippen LogP contribution in [0, 0.1) is 0 Å². The van der Waals surface area contributed by atoms with E-state index in [0.29, 0.717) is 0 Å². The van der Waals surface area contributed by atoms with Crippen molar-refractivity contribution in [3.05, 3.63) is 21.3 Å². The fourth-order valence-corrected chi connectivity index (χ4v) is 1.82. The van der Waals surface area contributed by atoms with Crippen molar-refractivity contribution in [1.82, 2.24) is 0 Å². The van der Waals surface area contributed by atoms with Crippen molar-refractivity contribution in [2.24, 2.45) is 5.73 Å². The van der Waals surface area contributed by atoms with Crippen molar-refractivity contribution in [3.8, 4) is 0 Å². The molecule has 0 aliphatic carbocycles. The van der Waals surface area contributed by atoms with Crippen molar-refractivity contribution >= 4 is 22.9 Å².